The molecule has 118 valence electrons. The molecule has 0 aromatic heterocycles. The third-order valence-corrected chi connectivity index (χ3v) is 4.28. The Bertz CT molecular complexity index is 798. The Morgan fingerprint density at radius 1 is 1.17 bits per heavy atom. The summed E-state index contributed by atoms with van der Waals surface area (Å²) in [6.07, 6.45) is 0. The van der Waals surface area contributed by atoms with Crippen LogP contribution in [-0.2, 0) is 0 Å². The summed E-state index contributed by atoms with van der Waals surface area (Å²) in [5, 5.41) is 14.6. The number of amides is 1. The lowest BCUT2D eigenvalue weighted by atomic mass is 10.2. The average Bonchev–Trinajstić information content (AvgIpc) is 2.49. The van der Waals surface area contributed by atoms with Crippen LogP contribution in [0.25, 0.3) is 0 Å². The molecule has 0 bridgehead atoms. The number of benzene rings is 2. The number of anilines is 1. The van der Waals surface area contributed by atoms with Crippen LogP contribution in [0.3, 0.4) is 0 Å². The Hall–Kier alpha value is -1.71. The highest BCUT2D eigenvalue weighted by Gasteiger charge is 2.13. The van der Waals surface area contributed by atoms with Crippen molar-refractivity contribution in [2.24, 2.45) is 0 Å². The van der Waals surface area contributed by atoms with Crippen molar-refractivity contribution in [2.45, 2.75) is 0 Å². The van der Waals surface area contributed by atoms with Gasteiger partial charge in [0.1, 0.15) is 0 Å². The van der Waals surface area contributed by atoms with Crippen LogP contribution in [0.5, 0.6) is 0 Å². The minimum atomic E-state index is -1.08. The van der Waals surface area contributed by atoms with Gasteiger partial charge >= 0.3 is 5.97 Å². The number of carboxylic acid groups (broad SMARTS) is 1. The Labute approximate surface area is 156 Å². The predicted molar refractivity (Wildman–Crippen MR) is 101 cm³/mol. The van der Waals surface area contributed by atoms with Gasteiger partial charge in [0.2, 0.25) is 0 Å². The minimum absolute atomic E-state index is 0.0269. The van der Waals surface area contributed by atoms with Crippen LogP contribution < -0.4 is 10.6 Å². The van der Waals surface area contributed by atoms with E-state index in [1.54, 1.807) is 18.2 Å². The molecule has 3 N–H and O–H groups in total. The van der Waals surface area contributed by atoms with E-state index in [4.69, 9.17) is 28.9 Å². The summed E-state index contributed by atoms with van der Waals surface area (Å²) in [6.45, 7) is 0. The van der Waals surface area contributed by atoms with Crippen LogP contribution in [0.2, 0.25) is 5.02 Å². The zero-order valence-electron chi connectivity index (χ0n) is 11.5. The summed E-state index contributed by atoms with van der Waals surface area (Å²) < 4.78 is 0.788. The van der Waals surface area contributed by atoms with Crippen LogP contribution in [-0.4, -0.2) is 22.1 Å². The summed E-state index contributed by atoms with van der Waals surface area (Å²) >= 11 is 13.1. The van der Waals surface area contributed by atoms with Crippen molar-refractivity contribution < 1.29 is 14.7 Å². The van der Waals surface area contributed by atoms with Crippen LogP contribution in [0.4, 0.5) is 5.69 Å². The molecule has 0 atom stereocenters. The van der Waals surface area contributed by atoms with Crippen LogP contribution in [0.1, 0.15) is 20.7 Å². The monoisotopic (exact) mass is 460 g/mol. The molecule has 8 heteroatoms. The van der Waals surface area contributed by atoms with Gasteiger partial charge in [-0.15, -0.1) is 0 Å². The fourth-order valence-corrected chi connectivity index (χ4v) is 2.72. The molecule has 0 fully saturated rings. The highest BCUT2D eigenvalue weighted by molar-refractivity contribution is 14.1. The van der Waals surface area contributed by atoms with E-state index in [1.165, 1.54) is 18.2 Å². The first-order chi connectivity index (χ1) is 10.9. The molecule has 0 aliphatic heterocycles. The second kappa shape index (κ2) is 7.71. The number of nitrogens with one attached hydrogen (secondary N) is 2. The van der Waals surface area contributed by atoms with E-state index in [0.717, 1.165) is 3.57 Å². The number of carbonyl (C=O) groups is 2. The minimum Gasteiger partial charge on any atom is -0.478 e. The summed E-state index contributed by atoms with van der Waals surface area (Å²) in [5.41, 5.74) is 0.853. The maximum absolute atomic E-state index is 12.2. The maximum Gasteiger partial charge on any atom is 0.335 e. The van der Waals surface area contributed by atoms with Gasteiger partial charge in [0.15, 0.2) is 5.11 Å². The first kappa shape index (κ1) is 17.6. The van der Waals surface area contributed by atoms with Crippen molar-refractivity contribution >= 4 is 69.1 Å². The number of aromatic carboxylic acids is 1. The van der Waals surface area contributed by atoms with Crippen LogP contribution in [0.15, 0.2) is 42.5 Å². The molecule has 0 aliphatic rings. The third kappa shape index (κ3) is 4.63. The molecule has 0 saturated heterocycles. The van der Waals surface area contributed by atoms with E-state index in [-0.39, 0.29) is 16.6 Å². The van der Waals surface area contributed by atoms with Gasteiger partial charge in [0.25, 0.3) is 5.91 Å². The fourth-order valence-electron chi connectivity index (χ4n) is 1.72. The molecule has 0 saturated carbocycles. The lowest BCUT2D eigenvalue weighted by molar-refractivity contribution is 0.0696. The Morgan fingerprint density at radius 2 is 1.87 bits per heavy atom. The SMILES string of the molecule is O=C(O)c1ccc(Cl)c(NC(=S)NC(=O)c2ccccc2I)c1. The molecule has 1 amide bonds. The zero-order valence-corrected chi connectivity index (χ0v) is 15.2. The number of carbonyl (C=O) groups excluding carboxylic acids is 1. The molecular formula is C15H10ClIN2O3S. The number of hydrogen-bond donors (Lipinski definition) is 3. The van der Waals surface area contributed by atoms with Crippen molar-refractivity contribution in [1.29, 1.82) is 0 Å². The molecule has 0 heterocycles. The van der Waals surface area contributed by atoms with E-state index in [9.17, 15) is 9.59 Å². The molecule has 2 rings (SSSR count). The average molecular weight is 461 g/mol. The third-order valence-electron chi connectivity index (χ3n) is 2.81. The second-order valence-corrected chi connectivity index (χ2v) is 6.37. The molecular weight excluding hydrogens is 451 g/mol. The topological polar surface area (TPSA) is 78.4 Å². The fraction of sp³-hybridized carbons (Fsp3) is 0. The van der Waals surface area contributed by atoms with E-state index < -0.39 is 5.97 Å². The van der Waals surface area contributed by atoms with Crippen molar-refractivity contribution in [3.63, 3.8) is 0 Å². The Balaban J connectivity index is 2.11. The number of halogens is 2. The number of carboxylic acids is 1. The first-order valence-corrected chi connectivity index (χ1v) is 8.14. The largest absolute Gasteiger partial charge is 0.478 e. The number of rotatable bonds is 3. The molecule has 5 nitrogen and oxygen atoms in total. The quantitative estimate of drug-likeness (QED) is 0.480. The normalized spacial score (nSPS) is 10.0. The van der Waals surface area contributed by atoms with Crippen LogP contribution >= 0.6 is 46.4 Å². The summed E-state index contributed by atoms with van der Waals surface area (Å²) in [5.74, 6) is -1.45. The van der Waals surface area contributed by atoms with Gasteiger partial charge < -0.3 is 10.4 Å². The molecule has 23 heavy (non-hydrogen) atoms. The Morgan fingerprint density at radius 3 is 2.52 bits per heavy atom. The van der Waals surface area contributed by atoms with E-state index in [1.807, 2.05) is 6.07 Å². The van der Waals surface area contributed by atoms with Gasteiger partial charge in [-0.3, -0.25) is 10.1 Å². The van der Waals surface area contributed by atoms with Crippen molar-refractivity contribution in [3.05, 3.63) is 62.2 Å². The predicted octanol–water partition coefficient (Wildman–Crippen LogP) is 3.77. The van der Waals surface area contributed by atoms with Gasteiger partial charge in [-0.2, -0.15) is 0 Å². The zero-order chi connectivity index (χ0) is 17.0. The molecule has 2 aromatic carbocycles. The highest BCUT2D eigenvalue weighted by Crippen LogP contribution is 2.23. The van der Waals surface area contributed by atoms with E-state index in [0.29, 0.717) is 16.3 Å². The number of thiocarbonyl (C=S) groups is 1. The van der Waals surface area contributed by atoms with Crippen molar-refractivity contribution in [2.75, 3.05) is 5.32 Å². The Kier molecular flexibility index (Phi) is 5.91. The van der Waals surface area contributed by atoms with Gasteiger partial charge in [-0.05, 0) is 65.1 Å². The van der Waals surface area contributed by atoms with Crippen molar-refractivity contribution in [1.82, 2.24) is 5.32 Å². The number of hydrogen-bond acceptors (Lipinski definition) is 3. The molecule has 2 aromatic rings. The first-order valence-electron chi connectivity index (χ1n) is 6.28. The van der Waals surface area contributed by atoms with Crippen LogP contribution in [0, 0.1) is 3.57 Å². The van der Waals surface area contributed by atoms with Gasteiger partial charge in [0, 0.05) is 3.57 Å². The van der Waals surface area contributed by atoms with Gasteiger partial charge in [0.05, 0.1) is 21.8 Å². The molecule has 0 spiro atoms. The molecule has 0 aliphatic carbocycles. The second-order valence-electron chi connectivity index (χ2n) is 4.39. The summed E-state index contributed by atoms with van der Waals surface area (Å²) in [6, 6.07) is 11.2. The standard InChI is InChI=1S/C15H10ClIN2O3S/c16-10-6-5-8(14(21)22)7-12(10)18-15(23)19-13(20)9-3-1-2-4-11(9)17/h1-7H,(H,21,22)(H2,18,19,20,23). The smallest absolute Gasteiger partial charge is 0.335 e. The van der Waals surface area contributed by atoms with Crippen molar-refractivity contribution in [3.8, 4) is 0 Å². The highest BCUT2D eigenvalue weighted by atomic mass is 127. The molecule has 0 radical (unpaired) electrons. The summed E-state index contributed by atoms with van der Waals surface area (Å²) in [7, 11) is 0. The summed E-state index contributed by atoms with van der Waals surface area (Å²) in [4.78, 5) is 23.1. The maximum atomic E-state index is 12.2. The molecule has 0 unspecified atom stereocenters. The van der Waals surface area contributed by atoms with Gasteiger partial charge in [-0.25, -0.2) is 4.79 Å². The lowest BCUT2D eigenvalue weighted by Gasteiger charge is -2.12. The van der Waals surface area contributed by atoms with E-state index >= 15 is 0 Å². The van der Waals surface area contributed by atoms with Gasteiger partial charge in [-0.1, -0.05) is 23.7 Å². The lowest BCUT2D eigenvalue weighted by Crippen LogP contribution is -2.34. The van der Waals surface area contributed by atoms with E-state index in [2.05, 4.69) is 33.2 Å².